The standard InChI is InChI=1S/C9H11N2O2/c1-11-9(12)6-3-4-7(10)8(5-6)13-2/h3-5,10H,1-2H3,(H,11,12). The van der Waals surface area contributed by atoms with Gasteiger partial charge in [-0.15, -0.1) is 0 Å². The molecule has 0 atom stereocenters. The SMILES string of the molecule is CNC(=O)c1ccc([NH])c(OC)c1. The van der Waals surface area contributed by atoms with Gasteiger partial charge < -0.3 is 10.1 Å². The summed E-state index contributed by atoms with van der Waals surface area (Å²) in [6.45, 7) is 0. The molecular formula is C9H11N2O2. The quantitative estimate of drug-likeness (QED) is 0.735. The number of carbonyl (C=O) groups is 1. The highest BCUT2D eigenvalue weighted by Crippen LogP contribution is 2.23. The second-order valence-electron chi connectivity index (χ2n) is 2.49. The fourth-order valence-electron chi connectivity index (χ4n) is 0.977. The summed E-state index contributed by atoms with van der Waals surface area (Å²) in [6.07, 6.45) is 0. The zero-order valence-electron chi connectivity index (χ0n) is 7.55. The van der Waals surface area contributed by atoms with Gasteiger partial charge in [-0.05, 0) is 18.2 Å². The number of amides is 1. The first-order valence-corrected chi connectivity index (χ1v) is 3.80. The van der Waals surface area contributed by atoms with Crippen LogP contribution >= 0.6 is 0 Å². The van der Waals surface area contributed by atoms with Crippen molar-refractivity contribution in [1.29, 1.82) is 0 Å². The number of hydrogen-bond acceptors (Lipinski definition) is 2. The Labute approximate surface area is 76.7 Å². The summed E-state index contributed by atoms with van der Waals surface area (Å²) in [6, 6.07) is 4.66. The normalized spacial score (nSPS) is 9.38. The largest absolute Gasteiger partial charge is 0.494 e. The highest BCUT2D eigenvalue weighted by molar-refractivity contribution is 5.94. The lowest BCUT2D eigenvalue weighted by Gasteiger charge is -2.05. The van der Waals surface area contributed by atoms with E-state index in [4.69, 9.17) is 10.5 Å². The van der Waals surface area contributed by atoms with Gasteiger partial charge >= 0.3 is 0 Å². The summed E-state index contributed by atoms with van der Waals surface area (Å²) in [5.74, 6) is 0.222. The molecule has 0 aromatic heterocycles. The molecule has 1 aromatic carbocycles. The molecule has 0 bridgehead atoms. The zero-order valence-corrected chi connectivity index (χ0v) is 7.55. The fraction of sp³-hybridized carbons (Fsp3) is 0.222. The van der Waals surface area contributed by atoms with Crippen LogP contribution in [0.2, 0.25) is 0 Å². The molecule has 1 amide bonds. The van der Waals surface area contributed by atoms with E-state index in [1.54, 1.807) is 19.2 Å². The van der Waals surface area contributed by atoms with Crippen molar-refractivity contribution in [3.8, 4) is 5.75 Å². The van der Waals surface area contributed by atoms with Gasteiger partial charge in [0.15, 0.2) is 0 Å². The minimum Gasteiger partial charge on any atom is -0.494 e. The predicted molar refractivity (Wildman–Crippen MR) is 49.1 cm³/mol. The first-order chi connectivity index (χ1) is 6.19. The highest BCUT2D eigenvalue weighted by Gasteiger charge is 2.06. The summed E-state index contributed by atoms with van der Waals surface area (Å²) in [5, 5.41) is 2.50. The third kappa shape index (κ3) is 1.90. The van der Waals surface area contributed by atoms with Crippen molar-refractivity contribution < 1.29 is 9.53 Å². The third-order valence-electron chi connectivity index (χ3n) is 1.69. The van der Waals surface area contributed by atoms with Gasteiger partial charge in [0.05, 0.1) is 12.8 Å². The predicted octanol–water partition coefficient (Wildman–Crippen LogP) is 0.969. The molecule has 2 N–H and O–H groups in total. The van der Waals surface area contributed by atoms with Crippen molar-refractivity contribution >= 4 is 11.6 Å². The van der Waals surface area contributed by atoms with Crippen molar-refractivity contribution in [3.63, 3.8) is 0 Å². The Morgan fingerprint density at radius 2 is 2.23 bits per heavy atom. The Balaban J connectivity index is 3.06. The number of benzene rings is 1. The molecule has 13 heavy (non-hydrogen) atoms. The van der Waals surface area contributed by atoms with Crippen LogP contribution in [0.25, 0.3) is 0 Å². The first kappa shape index (κ1) is 9.38. The molecular weight excluding hydrogens is 168 g/mol. The van der Waals surface area contributed by atoms with E-state index in [-0.39, 0.29) is 11.6 Å². The minimum atomic E-state index is -0.182. The van der Waals surface area contributed by atoms with Crippen LogP contribution in [-0.2, 0) is 0 Å². The number of methoxy groups -OCH3 is 1. The smallest absolute Gasteiger partial charge is 0.251 e. The molecule has 0 fully saturated rings. The maximum absolute atomic E-state index is 11.2. The first-order valence-electron chi connectivity index (χ1n) is 3.80. The van der Waals surface area contributed by atoms with Crippen LogP contribution in [0.4, 0.5) is 5.69 Å². The highest BCUT2D eigenvalue weighted by atomic mass is 16.5. The molecule has 0 aliphatic heterocycles. The average Bonchev–Trinajstić information content (AvgIpc) is 2.17. The lowest BCUT2D eigenvalue weighted by Crippen LogP contribution is -2.17. The van der Waals surface area contributed by atoms with Crippen LogP contribution in [0.1, 0.15) is 10.4 Å². The van der Waals surface area contributed by atoms with Crippen LogP contribution in [0.3, 0.4) is 0 Å². The zero-order chi connectivity index (χ0) is 9.84. The van der Waals surface area contributed by atoms with E-state index in [2.05, 4.69) is 5.32 Å². The van der Waals surface area contributed by atoms with Gasteiger partial charge in [-0.3, -0.25) is 10.5 Å². The van der Waals surface area contributed by atoms with Crippen LogP contribution in [0.5, 0.6) is 5.75 Å². The molecule has 0 heterocycles. The number of nitrogens with one attached hydrogen (secondary N) is 2. The molecule has 0 unspecified atom stereocenters. The van der Waals surface area contributed by atoms with Crippen LogP contribution < -0.4 is 15.8 Å². The van der Waals surface area contributed by atoms with Crippen LogP contribution in [-0.4, -0.2) is 20.1 Å². The molecule has 0 aliphatic rings. The van der Waals surface area contributed by atoms with E-state index in [1.807, 2.05) is 0 Å². The number of rotatable bonds is 2. The molecule has 0 spiro atoms. The summed E-state index contributed by atoms with van der Waals surface area (Å²) >= 11 is 0. The number of carbonyl (C=O) groups excluding carboxylic acids is 1. The van der Waals surface area contributed by atoms with Crippen molar-refractivity contribution in [2.45, 2.75) is 0 Å². The monoisotopic (exact) mass is 179 g/mol. The molecule has 4 nitrogen and oxygen atoms in total. The summed E-state index contributed by atoms with van der Waals surface area (Å²) in [4.78, 5) is 11.2. The molecule has 69 valence electrons. The summed E-state index contributed by atoms with van der Waals surface area (Å²) in [7, 11) is 3.03. The van der Waals surface area contributed by atoms with E-state index < -0.39 is 0 Å². The maximum atomic E-state index is 11.2. The maximum Gasteiger partial charge on any atom is 0.251 e. The van der Waals surface area contributed by atoms with E-state index in [1.165, 1.54) is 13.2 Å². The second-order valence-corrected chi connectivity index (χ2v) is 2.49. The van der Waals surface area contributed by atoms with Crippen molar-refractivity contribution in [2.24, 2.45) is 0 Å². The van der Waals surface area contributed by atoms with Crippen molar-refractivity contribution in [2.75, 3.05) is 14.2 Å². The molecule has 0 aliphatic carbocycles. The van der Waals surface area contributed by atoms with E-state index in [0.29, 0.717) is 11.3 Å². The van der Waals surface area contributed by atoms with Gasteiger partial charge in [0.2, 0.25) is 0 Å². The molecule has 1 rings (SSSR count). The Hall–Kier alpha value is -1.71. The molecule has 1 radical (unpaired) electrons. The summed E-state index contributed by atoms with van der Waals surface area (Å²) < 4.78 is 4.91. The van der Waals surface area contributed by atoms with E-state index >= 15 is 0 Å². The average molecular weight is 179 g/mol. The van der Waals surface area contributed by atoms with Crippen molar-refractivity contribution in [3.05, 3.63) is 23.8 Å². The van der Waals surface area contributed by atoms with Gasteiger partial charge in [0.1, 0.15) is 5.75 Å². The lowest BCUT2D eigenvalue weighted by molar-refractivity contribution is 0.0963. The van der Waals surface area contributed by atoms with Crippen molar-refractivity contribution in [1.82, 2.24) is 11.1 Å². The fourth-order valence-corrected chi connectivity index (χ4v) is 0.977. The van der Waals surface area contributed by atoms with Gasteiger partial charge in [0.25, 0.3) is 5.91 Å². The Bertz CT molecular complexity index is 323. The van der Waals surface area contributed by atoms with Gasteiger partial charge in [-0.1, -0.05) is 0 Å². The molecule has 0 saturated heterocycles. The van der Waals surface area contributed by atoms with Gasteiger partial charge in [0, 0.05) is 12.6 Å². The number of ether oxygens (including phenoxy) is 1. The van der Waals surface area contributed by atoms with E-state index in [0.717, 1.165) is 0 Å². The van der Waals surface area contributed by atoms with Gasteiger partial charge in [-0.2, -0.15) is 0 Å². The molecule has 0 saturated carbocycles. The Morgan fingerprint density at radius 1 is 1.54 bits per heavy atom. The third-order valence-corrected chi connectivity index (χ3v) is 1.69. The molecule has 1 aromatic rings. The Morgan fingerprint density at radius 3 is 2.77 bits per heavy atom. The topological polar surface area (TPSA) is 62.1 Å². The summed E-state index contributed by atoms with van der Waals surface area (Å²) in [5.41, 5.74) is 8.18. The molecule has 4 heteroatoms. The Kier molecular flexibility index (Phi) is 2.74. The van der Waals surface area contributed by atoms with Crippen LogP contribution in [0.15, 0.2) is 18.2 Å². The van der Waals surface area contributed by atoms with E-state index in [9.17, 15) is 4.79 Å². The minimum absolute atomic E-state index is 0.182. The van der Waals surface area contributed by atoms with Gasteiger partial charge in [-0.25, -0.2) is 0 Å². The lowest BCUT2D eigenvalue weighted by atomic mass is 10.2. The van der Waals surface area contributed by atoms with Crippen LogP contribution in [0, 0.1) is 0 Å². The number of hydrogen-bond donors (Lipinski definition) is 1. The second kappa shape index (κ2) is 3.80.